The first kappa shape index (κ1) is 16.3. The van der Waals surface area contributed by atoms with Gasteiger partial charge in [0.25, 0.3) is 0 Å². The van der Waals surface area contributed by atoms with Gasteiger partial charge in [0, 0.05) is 12.6 Å². The third-order valence-electron chi connectivity index (χ3n) is 3.59. The molecule has 1 unspecified atom stereocenters. The summed E-state index contributed by atoms with van der Waals surface area (Å²) in [6.07, 6.45) is 2.91. The molecule has 1 heterocycles. The molecule has 0 spiro atoms. The molecule has 7 heteroatoms. The minimum atomic E-state index is -3.43. The second-order valence-electron chi connectivity index (χ2n) is 5.19. The number of hydrogen-bond donors (Lipinski definition) is 1. The molecular weight excluding hydrogens is 310 g/mol. The first-order valence-corrected chi connectivity index (χ1v) is 8.93. The molecule has 1 aromatic carbocycles. The van der Waals surface area contributed by atoms with Crippen molar-refractivity contribution in [2.45, 2.75) is 37.1 Å². The number of aliphatic imine (C=N–C) groups is 1. The number of sulfonamides is 1. The maximum atomic E-state index is 12.6. The standard InChI is InChI=1S/C14H20ClN3O2S/c1-11-4-2-3-9-18(11)21(19,20)13-7-5-12(6-8-13)17-14(16)10-15/h5-8,11H,2-4,9-10H2,1H3,(H2,16,17). The van der Waals surface area contributed by atoms with E-state index in [2.05, 4.69) is 4.99 Å². The van der Waals surface area contributed by atoms with E-state index in [9.17, 15) is 8.42 Å². The van der Waals surface area contributed by atoms with Crippen LogP contribution in [0.4, 0.5) is 5.69 Å². The highest BCUT2D eigenvalue weighted by Gasteiger charge is 2.30. The molecule has 21 heavy (non-hydrogen) atoms. The minimum Gasteiger partial charge on any atom is -0.386 e. The van der Waals surface area contributed by atoms with Crippen LogP contribution in [0.3, 0.4) is 0 Å². The number of rotatable bonds is 4. The van der Waals surface area contributed by atoms with Crippen molar-refractivity contribution in [2.24, 2.45) is 10.7 Å². The Morgan fingerprint density at radius 1 is 1.38 bits per heavy atom. The molecule has 0 amide bonds. The second kappa shape index (κ2) is 6.77. The average Bonchev–Trinajstić information content (AvgIpc) is 2.48. The van der Waals surface area contributed by atoms with E-state index in [0.29, 0.717) is 23.0 Å². The van der Waals surface area contributed by atoms with Crippen LogP contribution < -0.4 is 5.73 Å². The van der Waals surface area contributed by atoms with Crippen molar-refractivity contribution >= 4 is 33.1 Å². The fourth-order valence-corrected chi connectivity index (χ4v) is 4.21. The summed E-state index contributed by atoms with van der Waals surface area (Å²) >= 11 is 5.56. The van der Waals surface area contributed by atoms with Crippen LogP contribution >= 0.6 is 11.6 Å². The fourth-order valence-electron chi connectivity index (χ4n) is 2.45. The first-order valence-electron chi connectivity index (χ1n) is 6.96. The highest BCUT2D eigenvalue weighted by atomic mass is 35.5. The highest BCUT2D eigenvalue weighted by molar-refractivity contribution is 7.89. The smallest absolute Gasteiger partial charge is 0.243 e. The topological polar surface area (TPSA) is 75.8 Å². The van der Waals surface area contributed by atoms with Crippen molar-refractivity contribution in [1.82, 2.24) is 4.31 Å². The lowest BCUT2D eigenvalue weighted by Gasteiger charge is -2.32. The third kappa shape index (κ3) is 3.75. The first-order chi connectivity index (χ1) is 9.95. The van der Waals surface area contributed by atoms with E-state index < -0.39 is 10.0 Å². The maximum Gasteiger partial charge on any atom is 0.243 e. The fraction of sp³-hybridized carbons (Fsp3) is 0.500. The molecule has 2 N–H and O–H groups in total. The number of nitrogens with zero attached hydrogens (tertiary/aromatic N) is 2. The van der Waals surface area contributed by atoms with E-state index in [1.807, 2.05) is 6.92 Å². The Morgan fingerprint density at radius 2 is 2.05 bits per heavy atom. The average molecular weight is 330 g/mol. The zero-order chi connectivity index (χ0) is 15.5. The molecule has 1 aromatic rings. The van der Waals surface area contributed by atoms with Gasteiger partial charge in [0.05, 0.1) is 16.5 Å². The van der Waals surface area contributed by atoms with Crippen LogP contribution in [0.25, 0.3) is 0 Å². The third-order valence-corrected chi connectivity index (χ3v) is 5.90. The summed E-state index contributed by atoms with van der Waals surface area (Å²) in [6.45, 7) is 2.54. The van der Waals surface area contributed by atoms with E-state index in [1.165, 1.54) is 0 Å². The lowest BCUT2D eigenvalue weighted by atomic mass is 10.1. The predicted molar refractivity (Wildman–Crippen MR) is 85.6 cm³/mol. The lowest BCUT2D eigenvalue weighted by molar-refractivity contribution is 0.268. The summed E-state index contributed by atoms with van der Waals surface area (Å²) in [6, 6.07) is 6.46. The molecule has 1 atom stereocenters. The van der Waals surface area contributed by atoms with Crippen molar-refractivity contribution in [1.29, 1.82) is 0 Å². The molecule has 1 fully saturated rings. The van der Waals surface area contributed by atoms with Crippen molar-refractivity contribution < 1.29 is 8.42 Å². The number of benzene rings is 1. The van der Waals surface area contributed by atoms with Gasteiger partial charge in [0.1, 0.15) is 5.84 Å². The van der Waals surface area contributed by atoms with Gasteiger partial charge in [0.2, 0.25) is 10.0 Å². The van der Waals surface area contributed by atoms with Crippen molar-refractivity contribution in [3.05, 3.63) is 24.3 Å². The summed E-state index contributed by atoms with van der Waals surface area (Å²) in [7, 11) is -3.43. The number of amidine groups is 1. The minimum absolute atomic E-state index is 0.0494. The maximum absolute atomic E-state index is 12.6. The van der Waals surface area contributed by atoms with Crippen molar-refractivity contribution in [2.75, 3.05) is 12.4 Å². The van der Waals surface area contributed by atoms with E-state index >= 15 is 0 Å². The molecular formula is C14H20ClN3O2S. The predicted octanol–water partition coefficient (Wildman–Crippen LogP) is 2.48. The Bertz CT molecular complexity index is 614. The molecule has 0 saturated carbocycles. The zero-order valence-electron chi connectivity index (χ0n) is 12.0. The van der Waals surface area contributed by atoms with Crippen LogP contribution in [0.15, 0.2) is 34.2 Å². The summed E-state index contributed by atoms with van der Waals surface area (Å²) in [4.78, 5) is 4.37. The number of alkyl halides is 1. The SMILES string of the molecule is CC1CCCCN1S(=O)(=O)c1ccc(N=C(N)CCl)cc1. The molecule has 0 bridgehead atoms. The van der Waals surface area contributed by atoms with Gasteiger partial charge in [-0.1, -0.05) is 6.42 Å². The van der Waals surface area contributed by atoms with Gasteiger partial charge in [-0.15, -0.1) is 11.6 Å². The van der Waals surface area contributed by atoms with E-state index in [4.69, 9.17) is 17.3 Å². The van der Waals surface area contributed by atoms with E-state index in [0.717, 1.165) is 19.3 Å². The van der Waals surface area contributed by atoms with Gasteiger partial charge < -0.3 is 5.73 Å². The van der Waals surface area contributed by atoms with Crippen LogP contribution in [-0.4, -0.2) is 37.0 Å². The number of hydrogen-bond acceptors (Lipinski definition) is 3. The van der Waals surface area contributed by atoms with Gasteiger partial charge in [-0.3, -0.25) is 0 Å². The molecule has 5 nitrogen and oxygen atoms in total. The Balaban J connectivity index is 2.25. The van der Waals surface area contributed by atoms with Crippen molar-refractivity contribution in [3.63, 3.8) is 0 Å². The summed E-state index contributed by atoms with van der Waals surface area (Å²) in [5.74, 6) is 0.447. The highest BCUT2D eigenvalue weighted by Crippen LogP contribution is 2.26. The lowest BCUT2D eigenvalue weighted by Crippen LogP contribution is -2.41. The van der Waals surface area contributed by atoms with Crippen LogP contribution in [0.1, 0.15) is 26.2 Å². The quantitative estimate of drug-likeness (QED) is 0.524. The molecule has 0 radical (unpaired) electrons. The molecule has 1 saturated heterocycles. The molecule has 116 valence electrons. The van der Waals surface area contributed by atoms with Gasteiger partial charge in [-0.2, -0.15) is 4.31 Å². The summed E-state index contributed by atoms with van der Waals surface area (Å²) in [5.41, 5.74) is 6.15. The van der Waals surface area contributed by atoms with Gasteiger partial charge in [0.15, 0.2) is 0 Å². The van der Waals surface area contributed by atoms with Gasteiger partial charge >= 0.3 is 0 Å². The molecule has 1 aliphatic heterocycles. The summed E-state index contributed by atoms with van der Waals surface area (Å²) in [5, 5.41) is 0. The monoisotopic (exact) mass is 329 g/mol. The number of nitrogens with two attached hydrogens (primary N) is 1. The number of halogens is 1. The van der Waals surface area contributed by atoms with Gasteiger partial charge in [-0.05, 0) is 44.0 Å². The van der Waals surface area contributed by atoms with Crippen LogP contribution in [-0.2, 0) is 10.0 Å². The van der Waals surface area contributed by atoms with E-state index in [-0.39, 0.29) is 11.9 Å². The Morgan fingerprint density at radius 3 is 2.62 bits per heavy atom. The van der Waals surface area contributed by atoms with Crippen LogP contribution in [0.5, 0.6) is 0 Å². The number of piperidine rings is 1. The van der Waals surface area contributed by atoms with Crippen LogP contribution in [0.2, 0.25) is 0 Å². The van der Waals surface area contributed by atoms with E-state index in [1.54, 1.807) is 28.6 Å². The Kier molecular flexibility index (Phi) is 5.24. The summed E-state index contributed by atoms with van der Waals surface area (Å²) < 4.78 is 26.8. The largest absolute Gasteiger partial charge is 0.386 e. The molecule has 2 rings (SSSR count). The van der Waals surface area contributed by atoms with Gasteiger partial charge in [-0.25, -0.2) is 13.4 Å². The Hall–Kier alpha value is -1.11. The second-order valence-corrected chi connectivity index (χ2v) is 7.35. The molecule has 0 aromatic heterocycles. The van der Waals surface area contributed by atoms with Crippen molar-refractivity contribution in [3.8, 4) is 0 Å². The normalized spacial score (nSPS) is 21.4. The molecule has 1 aliphatic rings. The molecule has 0 aliphatic carbocycles. The Labute approximate surface area is 130 Å². The zero-order valence-corrected chi connectivity index (χ0v) is 13.6. The van der Waals surface area contributed by atoms with Crippen LogP contribution in [0, 0.1) is 0 Å².